The maximum atomic E-state index is 13.0. The van der Waals surface area contributed by atoms with Gasteiger partial charge in [0, 0.05) is 6.04 Å². The van der Waals surface area contributed by atoms with Crippen LogP contribution in [0.15, 0.2) is 18.2 Å². The molecule has 1 fully saturated rings. The van der Waals surface area contributed by atoms with E-state index in [1.807, 2.05) is 13.0 Å². The molecule has 2 unspecified atom stereocenters. The average Bonchev–Trinajstić information content (AvgIpc) is 2.17. The van der Waals surface area contributed by atoms with E-state index in [0.717, 1.165) is 24.4 Å². The van der Waals surface area contributed by atoms with Gasteiger partial charge in [0.15, 0.2) is 0 Å². The molecule has 82 valence electrons. The van der Waals surface area contributed by atoms with Gasteiger partial charge in [0.25, 0.3) is 0 Å². The van der Waals surface area contributed by atoms with Crippen molar-refractivity contribution in [3.63, 3.8) is 0 Å². The van der Waals surface area contributed by atoms with Gasteiger partial charge >= 0.3 is 0 Å². The van der Waals surface area contributed by atoms with Gasteiger partial charge in [-0.25, -0.2) is 4.39 Å². The molecule has 1 aliphatic heterocycles. The number of nitrogens with one attached hydrogen (secondary N) is 1. The molecular weight excluding hydrogens is 189 g/mol. The summed E-state index contributed by atoms with van der Waals surface area (Å²) in [5.74, 6) is 0.626. The van der Waals surface area contributed by atoms with Crippen molar-refractivity contribution in [1.29, 1.82) is 0 Å². The second-order valence-electron chi connectivity index (χ2n) is 4.64. The molecule has 1 heterocycles. The van der Waals surface area contributed by atoms with E-state index in [1.54, 1.807) is 12.1 Å². The fraction of sp³-hybridized carbons (Fsp3) is 0.538. The molecule has 1 aliphatic rings. The number of hydrogen-bond acceptors (Lipinski definition) is 1. The molecule has 0 radical (unpaired) electrons. The van der Waals surface area contributed by atoms with Gasteiger partial charge in [0.1, 0.15) is 5.82 Å². The minimum Gasteiger partial charge on any atom is -0.310 e. The molecule has 15 heavy (non-hydrogen) atoms. The molecule has 1 N–H and O–H groups in total. The van der Waals surface area contributed by atoms with Crippen LogP contribution in [0.5, 0.6) is 0 Å². The third kappa shape index (κ3) is 2.37. The van der Waals surface area contributed by atoms with Crippen LogP contribution in [0.4, 0.5) is 4.39 Å². The number of aryl methyl sites for hydroxylation is 1. The van der Waals surface area contributed by atoms with Crippen molar-refractivity contribution in [2.24, 2.45) is 5.92 Å². The van der Waals surface area contributed by atoms with Gasteiger partial charge in [-0.1, -0.05) is 13.0 Å². The van der Waals surface area contributed by atoms with Gasteiger partial charge in [-0.3, -0.25) is 0 Å². The summed E-state index contributed by atoms with van der Waals surface area (Å²) in [5, 5.41) is 3.50. The van der Waals surface area contributed by atoms with E-state index >= 15 is 0 Å². The number of halogens is 1. The monoisotopic (exact) mass is 207 g/mol. The summed E-state index contributed by atoms with van der Waals surface area (Å²) < 4.78 is 13.0. The van der Waals surface area contributed by atoms with Crippen LogP contribution in [-0.4, -0.2) is 6.54 Å². The average molecular weight is 207 g/mol. The summed E-state index contributed by atoms with van der Waals surface area (Å²) in [5.41, 5.74) is 2.31. The fourth-order valence-electron chi connectivity index (χ4n) is 2.37. The SMILES string of the molecule is Cc1cc(F)ccc1C1CC(C)CCN1. The Morgan fingerprint density at radius 1 is 1.40 bits per heavy atom. The van der Waals surface area contributed by atoms with Gasteiger partial charge in [-0.2, -0.15) is 0 Å². The lowest BCUT2D eigenvalue weighted by atomic mass is 9.88. The number of rotatable bonds is 1. The fourth-order valence-corrected chi connectivity index (χ4v) is 2.37. The summed E-state index contributed by atoms with van der Waals surface area (Å²) in [7, 11) is 0. The Labute approximate surface area is 90.7 Å². The lowest BCUT2D eigenvalue weighted by molar-refractivity contribution is 0.324. The molecule has 2 rings (SSSR count). The predicted octanol–water partition coefficient (Wildman–Crippen LogP) is 3.19. The second-order valence-corrected chi connectivity index (χ2v) is 4.64. The van der Waals surface area contributed by atoms with Crippen LogP contribution in [0.3, 0.4) is 0 Å². The molecule has 1 saturated heterocycles. The first-order valence-corrected chi connectivity index (χ1v) is 5.66. The zero-order valence-corrected chi connectivity index (χ0v) is 9.39. The van der Waals surface area contributed by atoms with Crippen molar-refractivity contribution in [2.45, 2.75) is 32.7 Å². The lowest BCUT2D eigenvalue weighted by Gasteiger charge is -2.29. The highest BCUT2D eigenvalue weighted by atomic mass is 19.1. The first-order valence-electron chi connectivity index (χ1n) is 5.66. The zero-order valence-electron chi connectivity index (χ0n) is 9.39. The second kappa shape index (κ2) is 4.31. The maximum absolute atomic E-state index is 13.0. The summed E-state index contributed by atoms with van der Waals surface area (Å²) in [6.45, 7) is 5.34. The van der Waals surface area contributed by atoms with Crippen molar-refractivity contribution in [3.05, 3.63) is 35.1 Å². The molecular formula is C13H18FN. The predicted molar refractivity (Wildman–Crippen MR) is 60.3 cm³/mol. The van der Waals surface area contributed by atoms with Crippen LogP contribution < -0.4 is 5.32 Å². The third-order valence-corrected chi connectivity index (χ3v) is 3.27. The van der Waals surface area contributed by atoms with Gasteiger partial charge in [0.2, 0.25) is 0 Å². The molecule has 1 aromatic rings. The van der Waals surface area contributed by atoms with Crippen molar-refractivity contribution < 1.29 is 4.39 Å². The Morgan fingerprint density at radius 2 is 2.20 bits per heavy atom. The Morgan fingerprint density at radius 3 is 2.87 bits per heavy atom. The third-order valence-electron chi connectivity index (χ3n) is 3.27. The van der Waals surface area contributed by atoms with Crippen molar-refractivity contribution >= 4 is 0 Å². The van der Waals surface area contributed by atoms with E-state index in [0.29, 0.717) is 6.04 Å². The molecule has 0 aliphatic carbocycles. The van der Waals surface area contributed by atoms with Crippen LogP contribution >= 0.6 is 0 Å². The number of hydrogen-bond donors (Lipinski definition) is 1. The van der Waals surface area contributed by atoms with Crippen LogP contribution in [0.2, 0.25) is 0 Å². The van der Waals surface area contributed by atoms with Crippen LogP contribution in [-0.2, 0) is 0 Å². The van der Waals surface area contributed by atoms with Gasteiger partial charge in [0.05, 0.1) is 0 Å². The topological polar surface area (TPSA) is 12.0 Å². The lowest BCUT2D eigenvalue weighted by Crippen LogP contribution is -2.31. The summed E-state index contributed by atoms with van der Waals surface area (Å²) in [6, 6.07) is 5.51. The van der Waals surface area contributed by atoms with E-state index < -0.39 is 0 Å². The van der Waals surface area contributed by atoms with E-state index in [1.165, 1.54) is 12.0 Å². The molecule has 2 heteroatoms. The van der Waals surface area contributed by atoms with Gasteiger partial charge in [-0.05, 0) is 55.5 Å². The summed E-state index contributed by atoms with van der Waals surface area (Å²) >= 11 is 0. The zero-order chi connectivity index (χ0) is 10.8. The first-order chi connectivity index (χ1) is 7.16. The minimum absolute atomic E-state index is 0.139. The van der Waals surface area contributed by atoms with Crippen molar-refractivity contribution in [1.82, 2.24) is 5.32 Å². The molecule has 0 aromatic heterocycles. The molecule has 0 bridgehead atoms. The van der Waals surface area contributed by atoms with Crippen molar-refractivity contribution in [2.75, 3.05) is 6.54 Å². The van der Waals surface area contributed by atoms with E-state index in [2.05, 4.69) is 12.2 Å². The standard InChI is InChI=1S/C13H18FN/c1-9-5-6-15-13(7-9)12-4-3-11(14)8-10(12)2/h3-4,8-9,13,15H,5-7H2,1-2H3. The van der Waals surface area contributed by atoms with Gasteiger partial charge in [-0.15, -0.1) is 0 Å². The Kier molecular flexibility index (Phi) is 3.06. The van der Waals surface area contributed by atoms with Gasteiger partial charge < -0.3 is 5.32 Å². The number of benzene rings is 1. The normalized spacial score (nSPS) is 26.6. The quantitative estimate of drug-likeness (QED) is 0.745. The van der Waals surface area contributed by atoms with Crippen molar-refractivity contribution in [3.8, 4) is 0 Å². The molecule has 0 amide bonds. The molecule has 0 saturated carbocycles. The van der Waals surface area contributed by atoms with Crippen LogP contribution in [0.1, 0.15) is 36.9 Å². The maximum Gasteiger partial charge on any atom is 0.123 e. The highest BCUT2D eigenvalue weighted by Gasteiger charge is 2.20. The highest BCUT2D eigenvalue weighted by Crippen LogP contribution is 2.28. The van der Waals surface area contributed by atoms with Crippen LogP contribution in [0.25, 0.3) is 0 Å². The Hall–Kier alpha value is -0.890. The van der Waals surface area contributed by atoms with Crippen LogP contribution in [0, 0.1) is 18.7 Å². The van der Waals surface area contributed by atoms with E-state index in [-0.39, 0.29) is 5.82 Å². The number of piperidine rings is 1. The summed E-state index contributed by atoms with van der Waals surface area (Å²) in [4.78, 5) is 0. The van der Waals surface area contributed by atoms with E-state index in [4.69, 9.17) is 0 Å². The Bertz CT molecular complexity index is 348. The smallest absolute Gasteiger partial charge is 0.123 e. The minimum atomic E-state index is -0.139. The largest absolute Gasteiger partial charge is 0.310 e. The molecule has 0 spiro atoms. The van der Waals surface area contributed by atoms with E-state index in [9.17, 15) is 4.39 Å². The highest BCUT2D eigenvalue weighted by molar-refractivity contribution is 5.29. The molecule has 2 atom stereocenters. The molecule has 1 nitrogen and oxygen atoms in total. The Balaban J connectivity index is 2.21. The first kappa shape index (κ1) is 10.6. The molecule has 1 aromatic carbocycles. The summed E-state index contributed by atoms with van der Waals surface area (Å²) in [6.07, 6.45) is 2.41.